The molecule has 0 bridgehead atoms. The minimum absolute atomic E-state index is 0.131. The summed E-state index contributed by atoms with van der Waals surface area (Å²) in [5.74, 6) is 0.831. The fourth-order valence-corrected chi connectivity index (χ4v) is 2.49. The highest BCUT2D eigenvalue weighted by Crippen LogP contribution is 2.12. The summed E-state index contributed by atoms with van der Waals surface area (Å²) >= 11 is 0. The molecule has 0 radical (unpaired) electrons. The van der Waals surface area contributed by atoms with Crippen LogP contribution in [-0.4, -0.2) is 56.9 Å². The number of benzene rings is 1. The van der Waals surface area contributed by atoms with E-state index in [1.165, 1.54) is 0 Å². The van der Waals surface area contributed by atoms with E-state index in [4.69, 9.17) is 9.47 Å². The van der Waals surface area contributed by atoms with Crippen molar-refractivity contribution >= 4 is 6.03 Å². The Morgan fingerprint density at radius 1 is 1.30 bits per heavy atom. The number of nitrogens with zero attached hydrogens (tertiary/aromatic N) is 1. The van der Waals surface area contributed by atoms with Crippen LogP contribution >= 0.6 is 0 Å². The Morgan fingerprint density at radius 2 is 2.13 bits per heavy atom. The third-order valence-electron chi connectivity index (χ3n) is 3.70. The molecule has 0 aromatic heterocycles. The zero-order valence-electron chi connectivity index (χ0n) is 13.8. The number of amides is 2. The van der Waals surface area contributed by atoms with Crippen molar-refractivity contribution in [3.05, 3.63) is 29.8 Å². The summed E-state index contributed by atoms with van der Waals surface area (Å²) in [7, 11) is 0. The van der Waals surface area contributed by atoms with Crippen molar-refractivity contribution in [2.75, 3.05) is 46.0 Å². The Kier molecular flexibility index (Phi) is 7.69. The molecule has 2 amide bonds. The van der Waals surface area contributed by atoms with Gasteiger partial charge in [-0.2, -0.15) is 0 Å². The van der Waals surface area contributed by atoms with Gasteiger partial charge in [-0.1, -0.05) is 12.1 Å². The molecule has 1 aromatic carbocycles. The van der Waals surface area contributed by atoms with Crippen molar-refractivity contribution in [1.82, 2.24) is 15.5 Å². The molecule has 6 heteroatoms. The number of carbonyl (C=O) groups is 1. The van der Waals surface area contributed by atoms with E-state index in [2.05, 4.69) is 15.5 Å². The van der Waals surface area contributed by atoms with E-state index in [0.717, 1.165) is 50.6 Å². The number of hydrogen-bond acceptors (Lipinski definition) is 4. The molecule has 1 saturated heterocycles. The Hall–Kier alpha value is -1.79. The highest BCUT2D eigenvalue weighted by atomic mass is 16.5. The summed E-state index contributed by atoms with van der Waals surface area (Å²) in [6.07, 6.45) is 0.952. The molecule has 2 N–H and O–H groups in total. The summed E-state index contributed by atoms with van der Waals surface area (Å²) in [6.45, 7) is 8.38. The summed E-state index contributed by atoms with van der Waals surface area (Å²) in [5, 5.41) is 5.76. The van der Waals surface area contributed by atoms with Crippen LogP contribution in [-0.2, 0) is 11.3 Å². The van der Waals surface area contributed by atoms with E-state index in [-0.39, 0.29) is 6.03 Å². The van der Waals surface area contributed by atoms with Gasteiger partial charge in [0.15, 0.2) is 0 Å². The quantitative estimate of drug-likeness (QED) is 0.714. The average molecular weight is 321 g/mol. The molecule has 0 aliphatic carbocycles. The summed E-state index contributed by atoms with van der Waals surface area (Å²) in [5.41, 5.74) is 1.03. The maximum absolute atomic E-state index is 11.8. The van der Waals surface area contributed by atoms with Crippen molar-refractivity contribution in [3.63, 3.8) is 0 Å². The number of carbonyl (C=O) groups excluding carboxylic acids is 1. The number of ether oxygens (including phenoxy) is 2. The molecular weight excluding hydrogens is 294 g/mol. The van der Waals surface area contributed by atoms with Crippen LogP contribution in [0.15, 0.2) is 24.3 Å². The van der Waals surface area contributed by atoms with Crippen LogP contribution in [0.25, 0.3) is 0 Å². The standard InChI is InChI=1S/C17H27N3O3/c1-2-23-16-6-3-5-15(13-16)14-19-17(21)18-7-4-8-20-9-11-22-12-10-20/h3,5-6,13H,2,4,7-12,14H2,1H3,(H2,18,19,21). The van der Waals surface area contributed by atoms with Crippen LogP contribution in [0.3, 0.4) is 0 Å². The van der Waals surface area contributed by atoms with Crippen LogP contribution in [0.4, 0.5) is 4.79 Å². The number of hydrogen-bond donors (Lipinski definition) is 2. The first-order valence-corrected chi connectivity index (χ1v) is 8.31. The fourth-order valence-electron chi connectivity index (χ4n) is 2.49. The smallest absolute Gasteiger partial charge is 0.315 e. The minimum Gasteiger partial charge on any atom is -0.494 e. The molecule has 1 aliphatic rings. The molecular formula is C17H27N3O3. The molecule has 0 atom stereocenters. The lowest BCUT2D eigenvalue weighted by atomic mass is 10.2. The highest BCUT2D eigenvalue weighted by molar-refractivity contribution is 5.73. The first kappa shape index (κ1) is 17.6. The van der Waals surface area contributed by atoms with E-state index in [0.29, 0.717) is 19.7 Å². The van der Waals surface area contributed by atoms with Crippen LogP contribution in [0, 0.1) is 0 Å². The SMILES string of the molecule is CCOc1cccc(CNC(=O)NCCCN2CCOCC2)c1. The summed E-state index contributed by atoms with van der Waals surface area (Å²) in [4.78, 5) is 14.2. The second-order valence-corrected chi connectivity index (χ2v) is 5.50. The van der Waals surface area contributed by atoms with Gasteiger partial charge in [0.2, 0.25) is 0 Å². The molecule has 1 aromatic rings. The minimum atomic E-state index is -0.131. The molecule has 0 spiro atoms. The van der Waals surface area contributed by atoms with Crippen molar-refractivity contribution in [2.45, 2.75) is 19.9 Å². The van der Waals surface area contributed by atoms with Crippen molar-refractivity contribution in [3.8, 4) is 5.75 Å². The van der Waals surface area contributed by atoms with Gasteiger partial charge in [-0.3, -0.25) is 4.90 Å². The highest BCUT2D eigenvalue weighted by Gasteiger charge is 2.09. The number of urea groups is 1. The molecule has 128 valence electrons. The molecule has 6 nitrogen and oxygen atoms in total. The third kappa shape index (κ3) is 6.88. The predicted molar refractivity (Wildman–Crippen MR) is 89.7 cm³/mol. The van der Waals surface area contributed by atoms with Gasteiger partial charge >= 0.3 is 6.03 Å². The number of nitrogens with one attached hydrogen (secondary N) is 2. The van der Waals surface area contributed by atoms with Gasteiger partial charge in [0.05, 0.1) is 19.8 Å². The maximum Gasteiger partial charge on any atom is 0.315 e. The second kappa shape index (κ2) is 10.1. The van der Waals surface area contributed by atoms with E-state index in [9.17, 15) is 4.79 Å². The van der Waals surface area contributed by atoms with Crippen molar-refractivity contribution in [1.29, 1.82) is 0 Å². The average Bonchev–Trinajstić information content (AvgIpc) is 2.58. The molecule has 1 aliphatic heterocycles. The van der Waals surface area contributed by atoms with E-state index in [1.54, 1.807) is 0 Å². The van der Waals surface area contributed by atoms with Crippen molar-refractivity contribution < 1.29 is 14.3 Å². The summed E-state index contributed by atoms with van der Waals surface area (Å²) < 4.78 is 10.8. The summed E-state index contributed by atoms with van der Waals surface area (Å²) in [6, 6.07) is 7.64. The zero-order valence-corrected chi connectivity index (χ0v) is 13.8. The largest absolute Gasteiger partial charge is 0.494 e. The lowest BCUT2D eigenvalue weighted by Gasteiger charge is -2.26. The normalized spacial score (nSPS) is 15.2. The first-order valence-electron chi connectivity index (χ1n) is 8.31. The Balaban J connectivity index is 1.58. The molecule has 0 unspecified atom stereocenters. The number of rotatable bonds is 8. The first-order chi connectivity index (χ1) is 11.3. The Morgan fingerprint density at radius 3 is 2.91 bits per heavy atom. The van der Waals surface area contributed by atoms with Gasteiger partial charge < -0.3 is 20.1 Å². The van der Waals surface area contributed by atoms with Gasteiger partial charge in [-0.15, -0.1) is 0 Å². The zero-order chi connectivity index (χ0) is 16.3. The Labute approximate surface area is 138 Å². The van der Waals surface area contributed by atoms with Crippen LogP contribution in [0.2, 0.25) is 0 Å². The molecule has 23 heavy (non-hydrogen) atoms. The van der Waals surface area contributed by atoms with Crippen LogP contribution in [0.1, 0.15) is 18.9 Å². The van der Waals surface area contributed by atoms with Gasteiger partial charge in [0.1, 0.15) is 5.75 Å². The van der Waals surface area contributed by atoms with Crippen LogP contribution in [0.5, 0.6) is 5.75 Å². The van der Waals surface area contributed by atoms with E-state index >= 15 is 0 Å². The lowest BCUT2D eigenvalue weighted by Crippen LogP contribution is -2.39. The number of morpholine rings is 1. The van der Waals surface area contributed by atoms with E-state index < -0.39 is 0 Å². The second-order valence-electron chi connectivity index (χ2n) is 5.50. The third-order valence-corrected chi connectivity index (χ3v) is 3.70. The monoisotopic (exact) mass is 321 g/mol. The topological polar surface area (TPSA) is 62.8 Å². The maximum atomic E-state index is 11.8. The molecule has 0 saturated carbocycles. The van der Waals surface area contributed by atoms with Gasteiger partial charge in [0.25, 0.3) is 0 Å². The van der Waals surface area contributed by atoms with Gasteiger partial charge in [-0.05, 0) is 37.6 Å². The lowest BCUT2D eigenvalue weighted by molar-refractivity contribution is 0.0375. The van der Waals surface area contributed by atoms with Crippen LogP contribution < -0.4 is 15.4 Å². The molecule has 1 fully saturated rings. The Bertz CT molecular complexity index is 476. The fraction of sp³-hybridized carbons (Fsp3) is 0.588. The molecule has 1 heterocycles. The van der Waals surface area contributed by atoms with Gasteiger partial charge in [-0.25, -0.2) is 4.79 Å². The van der Waals surface area contributed by atoms with Crippen molar-refractivity contribution in [2.24, 2.45) is 0 Å². The van der Waals surface area contributed by atoms with E-state index in [1.807, 2.05) is 31.2 Å². The van der Waals surface area contributed by atoms with Gasteiger partial charge in [0, 0.05) is 26.2 Å². The molecule has 2 rings (SSSR count). The predicted octanol–water partition coefficient (Wildman–Crippen LogP) is 1.61.